The Morgan fingerprint density at radius 2 is 0.648 bits per heavy atom. The van der Waals surface area contributed by atoms with Gasteiger partial charge in [-0.1, -0.05) is 335 Å². The molecule has 0 bridgehead atoms. The summed E-state index contributed by atoms with van der Waals surface area (Å²) in [6.45, 7) is 4.12. The molecule has 0 saturated carbocycles. The number of carbonyl (C=O) groups is 2. The molecule has 0 aromatic rings. The SMILES string of the molecule is CC/C=C\C/C=C\C/C=C\C/C=C\C/C=C\C/C=C\C/C=C\C/C=C\C/C=C\CCCCCC(=O)OC(COC(=O)CCCCCCCCCCCCCCCCCCCCCCCCCCCCCCCCCCC)COP(=O)([O-])OCC[N+](C)(C)C. The third kappa shape index (κ3) is 71.7. The molecule has 0 saturated heterocycles. The first-order chi connectivity index (χ1) is 43.0. The van der Waals surface area contributed by atoms with Gasteiger partial charge in [-0.2, -0.15) is 0 Å². The smallest absolute Gasteiger partial charge is 0.306 e. The Kier molecular flexibility index (Phi) is 65.5. The van der Waals surface area contributed by atoms with E-state index in [0.29, 0.717) is 17.4 Å². The van der Waals surface area contributed by atoms with Gasteiger partial charge in [0.2, 0.25) is 0 Å². The second kappa shape index (κ2) is 68.0. The van der Waals surface area contributed by atoms with Crippen LogP contribution in [0, 0.1) is 0 Å². The molecule has 10 heteroatoms. The number of rotatable bonds is 67. The summed E-state index contributed by atoms with van der Waals surface area (Å²) in [4.78, 5) is 38.1. The zero-order valence-electron chi connectivity index (χ0n) is 57.9. The van der Waals surface area contributed by atoms with Gasteiger partial charge in [0.25, 0.3) is 7.82 Å². The van der Waals surface area contributed by atoms with Crippen molar-refractivity contribution in [2.45, 2.75) is 328 Å². The molecule has 2 atom stereocenters. The minimum atomic E-state index is -4.66. The Hall–Kier alpha value is -3.33. The van der Waals surface area contributed by atoms with E-state index in [1.165, 1.54) is 193 Å². The second-order valence-corrected chi connectivity index (χ2v) is 27.0. The maximum atomic E-state index is 12.9. The van der Waals surface area contributed by atoms with Crippen LogP contribution in [0.5, 0.6) is 0 Å². The molecule has 508 valence electrons. The van der Waals surface area contributed by atoms with Crippen molar-refractivity contribution in [2.24, 2.45) is 0 Å². The van der Waals surface area contributed by atoms with Crippen LogP contribution >= 0.6 is 7.82 Å². The number of unbranched alkanes of at least 4 members (excludes halogenated alkanes) is 35. The first-order valence-electron chi connectivity index (χ1n) is 36.6. The summed E-state index contributed by atoms with van der Waals surface area (Å²) in [6.07, 6.45) is 96.2. The van der Waals surface area contributed by atoms with Gasteiger partial charge in [-0.25, -0.2) is 0 Å². The van der Waals surface area contributed by atoms with Gasteiger partial charge in [-0.05, 0) is 83.5 Å². The number of allylic oxidation sites excluding steroid dienone is 18. The molecule has 0 amide bonds. The Bertz CT molecular complexity index is 1850. The van der Waals surface area contributed by atoms with Gasteiger partial charge in [-0.15, -0.1) is 0 Å². The molecule has 88 heavy (non-hydrogen) atoms. The standard InChI is InChI=1S/C78H138NO8P/c1-6-8-10-12-14-16-18-20-22-24-26-28-30-32-34-36-38-39-41-42-44-46-48-50-52-54-56-58-60-62-64-66-68-70-77(80)84-74-76(75-86-88(82,83)85-73-72-79(3,4)5)87-78(81)71-69-67-65-63-61-59-57-55-53-51-49-47-45-43-40-37-35-33-31-29-27-25-23-21-19-17-15-13-11-9-7-2/h9,11,15,17,21,23,27,29,33,35,40,43,47,49,53,55,59,61,76H,6-8,10,12-14,16,18-20,22,24-26,28,30-32,34,36-39,41-42,44-46,48,50-52,54,56-58,60,62-75H2,1-5H3/b11-9-,17-15-,23-21-,29-27-,35-33-,43-40-,49-47-,55-53-,61-59-. The van der Waals surface area contributed by atoms with Crippen LogP contribution in [0.3, 0.4) is 0 Å². The molecular formula is C78H138NO8P. The van der Waals surface area contributed by atoms with Crippen molar-refractivity contribution in [1.82, 2.24) is 0 Å². The summed E-state index contributed by atoms with van der Waals surface area (Å²) >= 11 is 0. The van der Waals surface area contributed by atoms with E-state index in [4.69, 9.17) is 18.5 Å². The van der Waals surface area contributed by atoms with Crippen LogP contribution in [0.1, 0.15) is 322 Å². The summed E-state index contributed by atoms with van der Waals surface area (Å²) in [5, 5.41) is 0. The van der Waals surface area contributed by atoms with Gasteiger partial charge in [0, 0.05) is 12.8 Å². The average molecular weight is 1250 g/mol. The molecule has 0 heterocycles. The molecule has 0 fully saturated rings. The zero-order valence-corrected chi connectivity index (χ0v) is 58.8. The molecule has 0 aliphatic carbocycles. The van der Waals surface area contributed by atoms with Crippen molar-refractivity contribution in [3.63, 3.8) is 0 Å². The molecule has 0 radical (unpaired) electrons. The lowest BCUT2D eigenvalue weighted by Crippen LogP contribution is -2.37. The average Bonchev–Trinajstić information content (AvgIpc) is 3.68. The minimum Gasteiger partial charge on any atom is -0.756 e. The summed E-state index contributed by atoms with van der Waals surface area (Å²) < 4.78 is 34.3. The van der Waals surface area contributed by atoms with Crippen LogP contribution in [0.15, 0.2) is 109 Å². The van der Waals surface area contributed by atoms with E-state index < -0.39 is 26.5 Å². The molecule has 2 unspecified atom stereocenters. The van der Waals surface area contributed by atoms with E-state index in [0.717, 1.165) is 96.3 Å². The topological polar surface area (TPSA) is 111 Å². The van der Waals surface area contributed by atoms with E-state index in [9.17, 15) is 19.0 Å². The minimum absolute atomic E-state index is 0.0419. The highest BCUT2D eigenvalue weighted by Crippen LogP contribution is 2.38. The Morgan fingerprint density at radius 3 is 0.966 bits per heavy atom. The molecule has 0 rings (SSSR count). The number of nitrogens with zero attached hydrogens (tertiary/aromatic N) is 1. The third-order valence-corrected chi connectivity index (χ3v) is 16.8. The highest BCUT2D eigenvalue weighted by molar-refractivity contribution is 7.45. The predicted octanol–water partition coefficient (Wildman–Crippen LogP) is 23.4. The third-order valence-electron chi connectivity index (χ3n) is 15.8. The lowest BCUT2D eigenvalue weighted by molar-refractivity contribution is -0.870. The summed E-state index contributed by atoms with van der Waals surface area (Å²) in [6, 6.07) is 0. The van der Waals surface area contributed by atoms with Crippen LogP contribution in [0.25, 0.3) is 0 Å². The number of quaternary nitrogens is 1. The van der Waals surface area contributed by atoms with Gasteiger partial charge in [0.1, 0.15) is 19.8 Å². The monoisotopic (exact) mass is 1250 g/mol. The van der Waals surface area contributed by atoms with E-state index in [1.807, 2.05) is 21.1 Å². The first-order valence-corrected chi connectivity index (χ1v) is 38.1. The fourth-order valence-corrected chi connectivity index (χ4v) is 11.0. The zero-order chi connectivity index (χ0) is 64.1. The van der Waals surface area contributed by atoms with Crippen molar-refractivity contribution in [3.05, 3.63) is 109 Å². The number of hydrogen-bond donors (Lipinski definition) is 0. The molecule has 0 N–H and O–H groups in total. The number of hydrogen-bond acceptors (Lipinski definition) is 8. The van der Waals surface area contributed by atoms with Crippen molar-refractivity contribution in [1.29, 1.82) is 0 Å². The molecule has 0 aromatic carbocycles. The first kappa shape index (κ1) is 84.7. The Balaban J connectivity index is 4.09. The number of esters is 2. The highest BCUT2D eigenvalue weighted by atomic mass is 31.2. The molecule has 9 nitrogen and oxygen atoms in total. The van der Waals surface area contributed by atoms with Crippen LogP contribution in [-0.4, -0.2) is 70.0 Å². The molecule has 0 aliphatic heterocycles. The van der Waals surface area contributed by atoms with Gasteiger partial charge in [0.05, 0.1) is 27.7 Å². The van der Waals surface area contributed by atoms with E-state index in [2.05, 4.69) is 123 Å². The van der Waals surface area contributed by atoms with Crippen molar-refractivity contribution in [3.8, 4) is 0 Å². The van der Waals surface area contributed by atoms with Crippen molar-refractivity contribution in [2.75, 3.05) is 47.5 Å². The quantitative estimate of drug-likeness (QED) is 0.0195. The maximum Gasteiger partial charge on any atom is 0.306 e. The summed E-state index contributed by atoms with van der Waals surface area (Å²) in [7, 11) is 1.14. The lowest BCUT2D eigenvalue weighted by Gasteiger charge is -2.28. The van der Waals surface area contributed by atoms with Gasteiger partial charge in [-0.3, -0.25) is 14.2 Å². The fraction of sp³-hybridized carbons (Fsp3) is 0.744. The van der Waals surface area contributed by atoms with E-state index >= 15 is 0 Å². The predicted molar refractivity (Wildman–Crippen MR) is 378 cm³/mol. The molecule has 0 aliphatic rings. The second-order valence-electron chi connectivity index (χ2n) is 25.6. The van der Waals surface area contributed by atoms with E-state index in [-0.39, 0.29) is 32.0 Å². The number of phosphoric acid groups is 1. The van der Waals surface area contributed by atoms with Crippen LogP contribution < -0.4 is 4.89 Å². The maximum absolute atomic E-state index is 12.9. The van der Waals surface area contributed by atoms with Gasteiger partial charge in [0.15, 0.2) is 6.10 Å². The van der Waals surface area contributed by atoms with Crippen LogP contribution in [-0.2, 0) is 32.7 Å². The van der Waals surface area contributed by atoms with E-state index in [1.54, 1.807) is 0 Å². The highest BCUT2D eigenvalue weighted by Gasteiger charge is 2.22. The largest absolute Gasteiger partial charge is 0.756 e. The van der Waals surface area contributed by atoms with Crippen LogP contribution in [0.2, 0.25) is 0 Å². The Morgan fingerprint density at radius 1 is 0.364 bits per heavy atom. The number of likely N-dealkylation sites (N-methyl/N-ethyl adjacent to an activating group) is 1. The van der Waals surface area contributed by atoms with Crippen LogP contribution in [0.4, 0.5) is 0 Å². The lowest BCUT2D eigenvalue weighted by atomic mass is 10.0. The fourth-order valence-electron chi connectivity index (χ4n) is 10.2. The van der Waals surface area contributed by atoms with Gasteiger partial charge >= 0.3 is 11.9 Å². The number of carbonyl (C=O) groups excluding carboxylic acids is 2. The van der Waals surface area contributed by atoms with Gasteiger partial charge < -0.3 is 27.9 Å². The summed E-state index contributed by atoms with van der Waals surface area (Å²) in [5.41, 5.74) is 0. The molecule has 0 spiro atoms. The van der Waals surface area contributed by atoms with Crippen molar-refractivity contribution < 1.29 is 42.1 Å². The molecular weight excluding hydrogens is 1110 g/mol. The van der Waals surface area contributed by atoms with Crippen molar-refractivity contribution >= 4 is 19.8 Å². The number of phosphoric ester groups is 1. The summed E-state index contributed by atoms with van der Waals surface area (Å²) in [5.74, 6) is -0.866. The normalized spacial score (nSPS) is 13.8. The number of ether oxygens (including phenoxy) is 2. The Labute approximate surface area is 544 Å². The molecule has 0 aromatic heterocycles.